The van der Waals surface area contributed by atoms with Crippen LogP contribution in [-0.4, -0.2) is 17.2 Å². The van der Waals surface area contributed by atoms with E-state index in [0.29, 0.717) is 18.7 Å². The third kappa shape index (κ3) is 5.14. The summed E-state index contributed by atoms with van der Waals surface area (Å²) < 4.78 is 5.15. The number of aryl methyl sites for hydroxylation is 2. The Balaban J connectivity index is 1.77. The summed E-state index contributed by atoms with van der Waals surface area (Å²) in [5.41, 5.74) is 3.46. The number of carbonyl (C=O) groups excluding carboxylic acids is 1. The maximum absolute atomic E-state index is 11.9. The number of urea groups is 1. The number of hydrogen-bond acceptors (Lipinski definition) is 3. The molecule has 0 spiro atoms. The van der Waals surface area contributed by atoms with Crippen LogP contribution in [0.3, 0.4) is 0 Å². The van der Waals surface area contributed by atoms with Gasteiger partial charge in [-0.25, -0.2) is 4.79 Å². The third-order valence-corrected chi connectivity index (χ3v) is 3.76. The van der Waals surface area contributed by atoms with Crippen LogP contribution in [-0.2, 0) is 6.54 Å². The van der Waals surface area contributed by atoms with Gasteiger partial charge < -0.3 is 20.2 Å². The molecule has 5 heteroatoms. The molecule has 0 bridgehead atoms. The average molecular weight is 316 g/mol. The van der Waals surface area contributed by atoms with Gasteiger partial charge in [0.1, 0.15) is 11.9 Å². The number of amides is 2. The zero-order chi connectivity index (χ0) is 16.8. The van der Waals surface area contributed by atoms with E-state index in [4.69, 9.17) is 4.42 Å². The second kappa shape index (κ2) is 7.83. The van der Waals surface area contributed by atoms with E-state index in [1.54, 1.807) is 12.1 Å². The SMILES string of the molecule is Cc1ccc(CNC(=O)NC(C)CC(O)c2ccco2)c(C)c1. The number of aliphatic hydroxyl groups excluding tert-OH is 1. The molecule has 5 nitrogen and oxygen atoms in total. The summed E-state index contributed by atoms with van der Waals surface area (Å²) >= 11 is 0. The Morgan fingerprint density at radius 1 is 1.30 bits per heavy atom. The van der Waals surface area contributed by atoms with Crippen LogP contribution < -0.4 is 10.6 Å². The van der Waals surface area contributed by atoms with E-state index in [1.165, 1.54) is 11.8 Å². The fraction of sp³-hybridized carbons (Fsp3) is 0.389. The molecule has 2 aromatic rings. The molecule has 0 saturated carbocycles. The van der Waals surface area contributed by atoms with Crippen LogP contribution in [0.4, 0.5) is 4.79 Å². The fourth-order valence-corrected chi connectivity index (χ4v) is 2.49. The zero-order valence-corrected chi connectivity index (χ0v) is 13.8. The highest BCUT2D eigenvalue weighted by molar-refractivity contribution is 5.74. The number of hydrogen-bond donors (Lipinski definition) is 3. The first-order chi connectivity index (χ1) is 11.0. The Morgan fingerprint density at radius 2 is 2.09 bits per heavy atom. The predicted molar refractivity (Wildman–Crippen MR) is 89.0 cm³/mol. The molecular formula is C18H24N2O3. The highest BCUT2D eigenvalue weighted by Gasteiger charge is 2.16. The van der Waals surface area contributed by atoms with E-state index in [2.05, 4.69) is 16.7 Å². The molecule has 0 aliphatic rings. The van der Waals surface area contributed by atoms with Gasteiger partial charge in [0.25, 0.3) is 0 Å². The molecule has 2 unspecified atom stereocenters. The van der Waals surface area contributed by atoms with E-state index in [-0.39, 0.29) is 12.1 Å². The Bertz CT molecular complexity index is 638. The van der Waals surface area contributed by atoms with Gasteiger partial charge in [-0.3, -0.25) is 0 Å². The Labute approximate surface area is 136 Å². The number of rotatable bonds is 6. The highest BCUT2D eigenvalue weighted by Crippen LogP contribution is 2.18. The van der Waals surface area contributed by atoms with E-state index in [0.717, 1.165) is 11.1 Å². The lowest BCUT2D eigenvalue weighted by atomic mass is 10.1. The second-order valence-corrected chi connectivity index (χ2v) is 5.92. The molecule has 2 atom stereocenters. The zero-order valence-electron chi connectivity index (χ0n) is 13.8. The second-order valence-electron chi connectivity index (χ2n) is 5.92. The molecule has 2 amide bonds. The smallest absolute Gasteiger partial charge is 0.315 e. The van der Waals surface area contributed by atoms with Crippen LogP contribution >= 0.6 is 0 Å². The summed E-state index contributed by atoms with van der Waals surface area (Å²) in [7, 11) is 0. The van der Waals surface area contributed by atoms with E-state index in [1.807, 2.05) is 32.9 Å². The highest BCUT2D eigenvalue weighted by atomic mass is 16.4. The van der Waals surface area contributed by atoms with Crippen molar-refractivity contribution < 1.29 is 14.3 Å². The monoisotopic (exact) mass is 316 g/mol. The van der Waals surface area contributed by atoms with E-state index >= 15 is 0 Å². The molecule has 1 aromatic heterocycles. The average Bonchev–Trinajstić information content (AvgIpc) is 3.00. The van der Waals surface area contributed by atoms with Crippen LogP contribution in [0.5, 0.6) is 0 Å². The van der Waals surface area contributed by atoms with Gasteiger partial charge >= 0.3 is 6.03 Å². The molecule has 0 saturated heterocycles. The molecule has 3 N–H and O–H groups in total. The molecular weight excluding hydrogens is 292 g/mol. The van der Waals surface area contributed by atoms with Gasteiger partial charge in [-0.1, -0.05) is 23.8 Å². The summed E-state index contributed by atoms with van der Waals surface area (Å²) in [6.45, 7) is 6.40. The van der Waals surface area contributed by atoms with Crippen molar-refractivity contribution in [3.63, 3.8) is 0 Å². The normalized spacial score (nSPS) is 13.4. The van der Waals surface area contributed by atoms with Gasteiger partial charge in [-0.15, -0.1) is 0 Å². The lowest BCUT2D eigenvalue weighted by Gasteiger charge is -2.17. The van der Waals surface area contributed by atoms with Crippen molar-refractivity contribution in [2.45, 2.75) is 45.9 Å². The minimum absolute atomic E-state index is 0.172. The molecule has 0 aliphatic heterocycles. The predicted octanol–water partition coefficient (Wildman–Crippen LogP) is 3.21. The molecule has 0 aliphatic carbocycles. The molecule has 0 radical (unpaired) electrons. The molecule has 1 aromatic carbocycles. The first-order valence-electron chi connectivity index (χ1n) is 7.77. The summed E-state index contributed by atoms with van der Waals surface area (Å²) in [6.07, 6.45) is 1.19. The van der Waals surface area contributed by atoms with Crippen LogP contribution in [0, 0.1) is 13.8 Å². The number of nitrogens with one attached hydrogen (secondary N) is 2. The van der Waals surface area contributed by atoms with Crippen LogP contribution in [0.2, 0.25) is 0 Å². The topological polar surface area (TPSA) is 74.5 Å². The maximum Gasteiger partial charge on any atom is 0.315 e. The lowest BCUT2D eigenvalue weighted by Crippen LogP contribution is -2.41. The Kier molecular flexibility index (Phi) is 5.82. The molecule has 23 heavy (non-hydrogen) atoms. The minimum atomic E-state index is -0.723. The summed E-state index contributed by atoms with van der Waals surface area (Å²) in [5, 5.41) is 15.7. The minimum Gasteiger partial charge on any atom is -0.467 e. The molecule has 124 valence electrons. The summed E-state index contributed by atoms with van der Waals surface area (Å²) in [5.74, 6) is 0.509. The number of carbonyl (C=O) groups is 1. The van der Waals surface area contributed by atoms with E-state index < -0.39 is 6.10 Å². The van der Waals surface area contributed by atoms with Gasteiger partial charge in [0, 0.05) is 19.0 Å². The lowest BCUT2D eigenvalue weighted by molar-refractivity contribution is 0.129. The number of aliphatic hydroxyl groups is 1. The largest absolute Gasteiger partial charge is 0.467 e. The van der Waals surface area contributed by atoms with Crippen molar-refractivity contribution in [1.82, 2.24) is 10.6 Å². The quantitative estimate of drug-likeness (QED) is 0.766. The number of furan rings is 1. The van der Waals surface area contributed by atoms with Crippen molar-refractivity contribution in [3.05, 3.63) is 59.0 Å². The standard InChI is InChI=1S/C18H24N2O3/c1-12-6-7-15(13(2)9-12)11-19-18(22)20-14(3)10-16(21)17-5-4-8-23-17/h4-9,14,16,21H,10-11H2,1-3H3,(H2,19,20,22). The van der Waals surface area contributed by atoms with Crippen molar-refractivity contribution in [3.8, 4) is 0 Å². The van der Waals surface area contributed by atoms with Crippen LogP contribution in [0.1, 0.15) is 41.9 Å². The van der Waals surface area contributed by atoms with Crippen molar-refractivity contribution in [2.24, 2.45) is 0 Å². The number of benzene rings is 1. The Morgan fingerprint density at radius 3 is 2.74 bits per heavy atom. The van der Waals surface area contributed by atoms with Gasteiger partial charge in [0.05, 0.1) is 6.26 Å². The molecule has 1 heterocycles. The first kappa shape index (κ1) is 17.1. The van der Waals surface area contributed by atoms with Crippen LogP contribution in [0.15, 0.2) is 41.0 Å². The van der Waals surface area contributed by atoms with Gasteiger partial charge in [0.15, 0.2) is 0 Å². The van der Waals surface area contributed by atoms with Crippen LogP contribution in [0.25, 0.3) is 0 Å². The van der Waals surface area contributed by atoms with Gasteiger partial charge in [-0.2, -0.15) is 0 Å². The Hall–Kier alpha value is -2.27. The van der Waals surface area contributed by atoms with E-state index in [9.17, 15) is 9.90 Å². The van der Waals surface area contributed by atoms with Gasteiger partial charge in [0.2, 0.25) is 0 Å². The maximum atomic E-state index is 11.9. The molecule has 2 rings (SSSR count). The first-order valence-corrected chi connectivity index (χ1v) is 7.77. The van der Waals surface area contributed by atoms with Crippen molar-refractivity contribution >= 4 is 6.03 Å². The third-order valence-electron chi connectivity index (χ3n) is 3.76. The summed E-state index contributed by atoms with van der Waals surface area (Å²) in [6, 6.07) is 9.18. The fourth-order valence-electron chi connectivity index (χ4n) is 2.49. The molecule has 0 fully saturated rings. The summed E-state index contributed by atoms with van der Waals surface area (Å²) in [4.78, 5) is 11.9. The van der Waals surface area contributed by atoms with Crippen molar-refractivity contribution in [2.75, 3.05) is 0 Å². The van der Waals surface area contributed by atoms with Gasteiger partial charge in [-0.05, 0) is 44.0 Å². The van der Waals surface area contributed by atoms with Crippen molar-refractivity contribution in [1.29, 1.82) is 0 Å².